The third kappa shape index (κ3) is 1.99. The zero-order valence-electron chi connectivity index (χ0n) is 7.92. The molecule has 1 aromatic heterocycles. The van der Waals surface area contributed by atoms with Crippen LogP contribution in [0.15, 0.2) is 43.0 Å². The van der Waals surface area contributed by atoms with E-state index in [1.165, 1.54) is 6.33 Å². The maximum Gasteiger partial charge on any atom is 0.248 e. The molecule has 0 radical (unpaired) electrons. The zero-order valence-corrected chi connectivity index (χ0v) is 7.92. The summed E-state index contributed by atoms with van der Waals surface area (Å²) in [6.45, 7) is 0. The lowest BCUT2D eigenvalue weighted by Crippen LogP contribution is -2.10. The van der Waals surface area contributed by atoms with Crippen LogP contribution < -0.4 is 5.73 Å². The SMILES string of the molecule is NC(=O)c1cccc(-c2cncnc2)c1. The van der Waals surface area contributed by atoms with Crippen LogP contribution in [-0.2, 0) is 0 Å². The average molecular weight is 199 g/mol. The summed E-state index contributed by atoms with van der Waals surface area (Å²) in [6, 6.07) is 7.06. The van der Waals surface area contributed by atoms with E-state index in [2.05, 4.69) is 9.97 Å². The van der Waals surface area contributed by atoms with Crippen molar-refractivity contribution in [3.8, 4) is 11.1 Å². The van der Waals surface area contributed by atoms with Crippen LogP contribution in [0.3, 0.4) is 0 Å². The summed E-state index contributed by atoms with van der Waals surface area (Å²) < 4.78 is 0. The van der Waals surface area contributed by atoms with E-state index in [1.807, 2.05) is 6.07 Å². The fourth-order valence-electron chi connectivity index (χ4n) is 1.30. The average Bonchev–Trinajstić information content (AvgIpc) is 2.30. The number of amides is 1. The molecule has 0 bridgehead atoms. The van der Waals surface area contributed by atoms with E-state index < -0.39 is 5.91 Å². The fraction of sp³-hybridized carbons (Fsp3) is 0. The van der Waals surface area contributed by atoms with E-state index in [0.29, 0.717) is 5.56 Å². The van der Waals surface area contributed by atoms with Crippen molar-refractivity contribution in [3.63, 3.8) is 0 Å². The van der Waals surface area contributed by atoms with Crippen LogP contribution in [-0.4, -0.2) is 15.9 Å². The fourth-order valence-corrected chi connectivity index (χ4v) is 1.30. The Morgan fingerprint density at radius 1 is 1.13 bits per heavy atom. The van der Waals surface area contributed by atoms with Gasteiger partial charge in [0, 0.05) is 23.5 Å². The second-order valence-electron chi connectivity index (χ2n) is 3.07. The van der Waals surface area contributed by atoms with Crippen molar-refractivity contribution in [1.29, 1.82) is 0 Å². The van der Waals surface area contributed by atoms with Gasteiger partial charge in [-0.05, 0) is 17.7 Å². The molecule has 4 nitrogen and oxygen atoms in total. The molecule has 0 aliphatic heterocycles. The first-order valence-electron chi connectivity index (χ1n) is 4.42. The molecule has 0 atom stereocenters. The number of hydrogen-bond donors (Lipinski definition) is 1. The van der Waals surface area contributed by atoms with Crippen molar-refractivity contribution < 1.29 is 4.79 Å². The molecule has 0 saturated carbocycles. The van der Waals surface area contributed by atoms with Crippen LogP contribution in [0, 0.1) is 0 Å². The van der Waals surface area contributed by atoms with Crippen LogP contribution in [0.25, 0.3) is 11.1 Å². The van der Waals surface area contributed by atoms with Gasteiger partial charge in [-0.3, -0.25) is 4.79 Å². The summed E-state index contributed by atoms with van der Waals surface area (Å²) in [4.78, 5) is 18.8. The molecule has 74 valence electrons. The van der Waals surface area contributed by atoms with E-state index in [9.17, 15) is 4.79 Å². The molecular formula is C11H9N3O. The molecule has 2 aromatic rings. The molecule has 1 aromatic carbocycles. The number of benzene rings is 1. The minimum Gasteiger partial charge on any atom is -0.366 e. The van der Waals surface area contributed by atoms with Crippen molar-refractivity contribution in [2.45, 2.75) is 0 Å². The Morgan fingerprint density at radius 2 is 1.87 bits per heavy atom. The van der Waals surface area contributed by atoms with Gasteiger partial charge in [-0.25, -0.2) is 9.97 Å². The quantitative estimate of drug-likeness (QED) is 0.791. The van der Waals surface area contributed by atoms with Gasteiger partial charge in [0.1, 0.15) is 6.33 Å². The highest BCUT2D eigenvalue weighted by Crippen LogP contribution is 2.17. The van der Waals surface area contributed by atoms with Gasteiger partial charge in [0.05, 0.1) is 0 Å². The Morgan fingerprint density at radius 3 is 2.53 bits per heavy atom. The molecule has 0 aliphatic rings. The Bertz CT molecular complexity index is 482. The Hall–Kier alpha value is -2.23. The lowest BCUT2D eigenvalue weighted by Gasteiger charge is -2.01. The summed E-state index contributed by atoms with van der Waals surface area (Å²) in [6.07, 6.45) is 4.83. The third-order valence-electron chi connectivity index (χ3n) is 2.04. The molecule has 0 aliphatic carbocycles. The Balaban J connectivity index is 2.46. The van der Waals surface area contributed by atoms with Crippen molar-refractivity contribution in [3.05, 3.63) is 48.5 Å². The molecule has 0 spiro atoms. The predicted octanol–water partition coefficient (Wildman–Crippen LogP) is 1.24. The predicted molar refractivity (Wildman–Crippen MR) is 56.0 cm³/mol. The number of aromatic nitrogens is 2. The first kappa shape index (κ1) is 9.33. The summed E-state index contributed by atoms with van der Waals surface area (Å²) in [5.41, 5.74) is 7.42. The highest BCUT2D eigenvalue weighted by molar-refractivity contribution is 5.94. The van der Waals surface area contributed by atoms with E-state index in [0.717, 1.165) is 11.1 Å². The molecule has 0 unspecified atom stereocenters. The van der Waals surface area contributed by atoms with E-state index in [1.54, 1.807) is 30.6 Å². The first-order valence-corrected chi connectivity index (χ1v) is 4.42. The normalized spacial score (nSPS) is 9.87. The number of hydrogen-bond acceptors (Lipinski definition) is 3. The van der Waals surface area contributed by atoms with E-state index >= 15 is 0 Å². The lowest BCUT2D eigenvalue weighted by atomic mass is 10.1. The van der Waals surface area contributed by atoms with Gasteiger partial charge < -0.3 is 5.73 Å². The molecule has 1 heterocycles. The molecule has 2 N–H and O–H groups in total. The highest BCUT2D eigenvalue weighted by Gasteiger charge is 2.02. The van der Waals surface area contributed by atoms with Crippen LogP contribution in [0.5, 0.6) is 0 Å². The smallest absolute Gasteiger partial charge is 0.248 e. The van der Waals surface area contributed by atoms with Crippen molar-refractivity contribution in [2.75, 3.05) is 0 Å². The van der Waals surface area contributed by atoms with Gasteiger partial charge in [0.15, 0.2) is 0 Å². The number of primary amides is 1. The van der Waals surface area contributed by atoms with Gasteiger partial charge in [0.2, 0.25) is 5.91 Å². The maximum absolute atomic E-state index is 11.0. The van der Waals surface area contributed by atoms with Crippen molar-refractivity contribution >= 4 is 5.91 Å². The molecule has 15 heavy (non-hydrogen) atoms. The summed E-state index contributed by atoms with van der Waals surface area (Å²) in [5.74, 6) is -0.436. The van der Waals surface area contributed by atoms with Gasteiger partial charge in [-0.2, -0.15) is 0 Å². The molecule has 2 rings (SSSR count). The highest BCUT2D eigenvalue weighted by atomic mass is 16.1. The number of carbonyl (C=O) groups is 1. The van der Waals surface area contributed by atoms with Gasteiger partial charge in [-0.15, -0.1) is 0 Å². The lowest BCUT2D eigenvalue weighted by molar-refractivity contribution is 0.100. The second-order valence-corrected chi connectivity index (χ2v) is 3.07. The van der Waals surface area contributed by atoms with Crippen molar-refractivity contribution in [1.82, 2.24) is 9.97 Å². The monoisotopic (exact) mass is 199 g/mol. The van der Waals surface area contributed by atoms with E-state index in [4.69, 9.17) is 5.73 Å². The van der Waals surface area contributed by atoms with Gasteiger partial charge in [0.25, 0.3) is 0 Å². The van der Waals surface area contributed by atoms with Gasteiger partial charge >= 0.3 is 0 Å². The van der Waals surface area contributed by atoms with Crippen LogP contribution in [0.4, 0.5) is 0 Å². The third-order valence-corrected chi connectivity index (χ3v) is 2.04. The maximum atomic E-state index is 11.0. The molecular weight excluding hydrogens is 190 g/mol. The minimum absolute atomic E-state index is 0.436. The molecule has 0 fully saturated rings. The number of carbonyl (C=O) groups excluding carboxylic acids is 1. The number of rotatable bonds is 2. The molecule has 4 heteroatoms. The summed E-state index contributed by atoms with van der Waals surface area (Å²) in [7, 11) is 0. The second kappa shape index (κ2) is 3.88. The topological polar surface area (TPSA) is 68.9 Å². The largest absolute Gasteiger partial charge is 0.366 e. The van der Waals surface area contributed by atoms with Crippen LogP contribution in [0.2, 0.25) is 0 Å². The molecule has 0 saturated heterocycles. The summed E-state index contributed by atoms with van der Waals surface area (Å²) in [5, 5.41) is 0. The Labute approximate surface area is 86.8 Å². The van der Waals surface area contributed by atoms with Gasteiger partial charge in [-0.1, -0.05) is 12.1 Å². The van der Waals surface area contributed by atoms with Crippen LogP contribution >= 0.6 is 0 Å². The van der Waals surface area contributed by atoms with Crippen molar-refractivity contribution in [2.24, 2.45) is 5.73 Å². The van der Waals surface area contributed by atoms with Crippen LogP contribution in [0.1, 0.15) is 10.4 Å². The minimum atomic E-state index is -0.436. The standard InChI is InChI=1S/C11H9N3O/c12-11(15)9-3-1-2-8(4-9)10-5-13-7-14-6-10/h1-7H,(H2,12,15). The first-order chi connectivity index (χ1) is 7.27. The summed E-state index contributed by atoms with van der Waals surface area (Å²) >= 11 is 0. The number of nitrogens with zero attached hydrogens (tertiary/aromatic N) is 2. The Kier molecular flexibility index (Phi) is 2.41. The zero-order chi connectivity index (χ0) is 10.7. The number of nitrogens with two attached hydrogens (primary N) is 1. The molecule has 1 amide bonds. The van der Waals surface area contributed by atoms with E-state index in [-0.39, 0.29) is 0 Å².